The first kappa shape index (κ1) is 20.4. The van der Waals surface area contributed by atoms with Gasteiger partial charge in [0.15, 0.2) is 0 Å². The fourth-order valence-corrected chi connectivity index (χ4v) is 3.99. The maximum atomic E-state index is 12.1. The van der Waals surface area contributed by atoms with Crippen LogP contribution in [0.25, 0.3) is 0 Å². The molecular weight excluding hydrogens is 356 g/mol. The zero-order valence-corrected chi connectivity index (χ0v) is 15.8. The van der Waals surface area contributed by atoms with Crippen LogP contribution in [-0.2, 0) is 26.0 Å². The highest BCUT2D eigenvalue weighted by atomic mass is 32.2. The molecule has 1 aromatic carbocycles. The minimum absolute atomic E-state index is 0.167. The van der Waals surface area contributed by atoms with Crippen LogP contribution in [0.1, 0.15) is 44.1 Å². The molecule has 0 aliphatic heterocycles. The van der Waals surface area contributed by atoms with E-state index >= 15 is 0 Å². The van der Waals surface area contributed by atoms with Crippen molar-refractivity contribution in [3.63, 3.8) is 0 Å². The van der Waals surface area contributed by atoms with Crippen LogP contribution < -0.4 is 10.0 Å². The van der Waals surface area contributed by atoms with Crippen LogP contribution in [0.15, 0.2) is 29.2 Å². The molecule has 0 unspecified atom stereocenters. The molecule has 0 spiro atoms. The first-order chi connectivity index (χ1) is 12.3. The average Bonchev–Trinajstić information content (AvgIpc) is 2.65. The highest BCUT2D eigenvalue weighted by Crippen LogP contribution is 2.36. The standard InChI is InChI=1S/C18H26N2O5S/c1-19-26(24,25)15-8-5-14(6-9-15)7-10-16(21)20-13-18(17(22)23)11-3-2-4-12-18/h5-6,8-9,19H,2-4,7,10-13H2,1H3,(H,20,21)(H,22,23). The third-order valence-electron chi connectivity index (χ3n) is 5.03. The Bertz CT molecular complexity index is 737. The first-order valence-electron chi connectivity index (χ1n) is 8.82. The van der Waals surface area contributed by atoms with Gasteiger partial charge in [0.2, 0.25) is 15.9 Å². The average molecular weight is 382 g/mol. The molecule has 3 N–H and O–H groups in total. The number of sulfonamides is 1. The quantitative estimate of drug-likeness (QED) is 0.633. The Morgan fingerprint density at radius 1 is 1.12 bits per heavy atom. The molecule has 1 aliphatic rings. The van der Waals surface area contributed by atoms with Gasteiger partial charge in [0.1, 0.15) is 0 Å². The molecule has 1 saturated carbocycles. The van der Waals surface area contributed by atoms with E-state index in [1.54, 1.807) is 12.1 Å². The summed E-state index contributed by atoms with van der Waals surface area (Å²) >= 11 is 0. The summed E-state index contributed by atoms with van der Waals surface area (Å²) in [5.41, 5.74) is 0.0117. The van der Waals surface area contributed by atoms with Crippen molar-refractivity contribution < 1.29 is 23.1 Å². The largest absolute Gasteiger partial charge is 0.481 e. The van der Waals surface area contributed by atoms with E-state index in [1.807, 2.05) is 0 Å². The molecule has 1 aromatic rings. The molecule has 0 saturated heterocycles. The second-order valence-corrected chi connectivity index (χ2v) is 8.66. The summed E-state index contributed by atoms with van der Waals surface area (Å²) in [5, 5.41) is 12.3. The zero-order valence-electron chi connectivity index (χ0n) is 15.0. The molecule has 0 heterocycles. The van der Waals surface area contributed by atoms with Gasteiger partial charge in [-0.25, -0.2) is 13.1 Å². The van der Waals surface area contributed by atoms with Crippen molar-refractivity contribution in [1.82, 2.24) is 10.0 Å². The van der Waals surface area contributed by atoms with Crippen LogP contribution >= 0.6 is 0 Å². The molecule has 1 amide bonds. The molecule has 0 bridgehead atoms. The molecule has 8 heteroatoms. The van der Waals surface area contributed by atoms with E-state index in [0.29, 0.717) is 19.3 Å². The van der Waals surface area contributed by atoms with E-state index in [2.05, 4.69) is 10.0 Å². The number of aliphatic carboxylic acids is 1. The molecule has 0 atom stereocenters. The van der Waals surface area contributed by atoms with Crippen molar-refractivity contribution in [2.24, 2.45) is 5.41 Å². The summed E-state index contributed by atoms with van der Waals surface area (Å²) in [6.45, 7) is 0.167. The molecule has 1 fully saturated rings. The van der Waals surface area contributed by atoms with Gasteiger partial charge in [-0.05, 0) is 44.0 Å². The molecule has 7 nitrogen and oxygen atoms in total. The minimum Gasteiger partial charge on any atom is -0.481 e. The summed E-state index contributed by atoms with van der Waals surface area (Å²) in [6, 6.07) is 6.36. The lowest BCUT2D eigenvalue weighted by Crippen LogP contribution is -2.44. The van der Waals surface area contributed by atoms with Gasteiger partial charge in [0.05, 0.1) is 10.3 Å². The van der Waals surface area contributed by atoms with E-state index in [4.69, 9.17) is 0 Å². The molecular formula is C18H26N2O5S. The molecule has 26 heavy (non-hydrogen) atoms. The summed E-state index contributed by atoms with van der Waals surface area (Å²) < 4.78 is 25.6. The van der Waals surface area contributed by atoms with Crippen molar-refractivity contribution in [3.8, 4) is 0 Å². The summed E-state index contributed by atoms with van der Waals surface area (Å²) in [6.07, 6.45) is 4.70. The number of carbonyl (C=O) groups excluding carboxylic acids is 1. The predicted molar refractivity (Wildman–Crippen MR) is 97.2 cm³/mol. The second kappa shape index (κ2) is 8.64. The number of nitrogens with one attached hydrogen (secondary N) is 2. The third kappa shape index (κ3) is 5.04. The van der Waals surface area contributed by atoms with Gasteiger partial charge in [-0.1, -0.05) is 31.4 Å². The van der Waals surface area contributed by atoms with Crippen molar-refractivity contribution in [2.75, 3.05) is 13.6 Å². The van der Waals surface area contributed by atoms with E-state index in [1.165, 1.54) is 19.2 Å². The normalized spacial score (nSPS) is 16.8. The van der Waals surface area contributed by atoms with Crippen LogP contribution in [-0.4, -0.2) is 39.0 Å². The molecule has 144 valence electrons. The molecule has 2 rings (SSSR count). The van der Waals surface area contributed by atoms with Gasteiger partial charge in [0, 0.05) is 13.0 Å². The Labute approximate surface area is 154 Å². The van der Waals surface area contributed by atoms with Gasteiger partial charge >= 0.3 is 5.97 Å². The van der Waals surface area contributed by atoms with Crippen LogP contribution in [0.5, 0.6) is 0 Å². The van der Waals surface area contributed by atoms with Gasteiger partial charge < -0.3 is 10.4 Å². The monoisotopic (exact) mass is 382 g/mol. The molecule has 1 aliphatic carbocycles. The Balaban J connectivity index is 1.86. The fourth-order valence-electron chi connectivity index (χ4n) is 3.26. The molecule has 0 aromatic heterocycles. The maximum absolute atomic E-state index is 12.1. The summed E-state index contributed by atoms with van der Waals surface area (Å²) in [7, 11) is -2.12. The van der Waals surface area contributed by atoms with Crippen LogP contribution in [0, 0.1) is 5.41 Å². The van der Waals surface area contributed by atoms with Crippen LogP contribution in [0.3, 0.4) is 0 Å². The van der Waals surface area contributed by atoms with Gasteiger partial charge in [-0.3, -0.25) is 9.59 Å². The van der Waals surface area contributed by atoms with E-state index in [-0.39, 0.29) is 23.8 Å². The van der Waals surface area contributed by atoms with Crippen LogP contribution in [0.2, 0.25) is 0 Å². The number of benzene rings is 1. The lowest BCUT2D eigenvalue weighted by Gasteiger charge is -2.33. The SMILES string of the molecule is CNS(=O)(=O)c1ccc(CCC(=O)NCC2(C(=O)O)CCCCC2)cc1. The highest BCUT2D eigenvalue weighted by Gasteiger charge is 2.39. The lowest BCUT2D eigenvalue weighted by atomic mass is 9.74. The Morgan fingerprint density at radius 3 is 2.27 bits per heavy atom. The maximum Gasteiger partial charge on any atom is 0.311 e. The van der Waals surface area contributed by atoms with Crippen LogP contribution in [0.4, 0.5) is 0 Å². The van der Waals surface area contributed by atoms with Gasteiger partial charge in [0.25, 0.3) is 0 Å². The van der Waals surface area contributed by atoms with E-state index < -0.39 is 21.4 Å². The van der Waals surface area contributed by atoms with Crippen molar-refractivity contribution in [1.29, 1.82) is 0 Å². The minimum atomic E-state index is -3.47. The van der Waals surface area contributed by atoms with Gasteiger partial charge in [-0.15, -0.1) is 0 Å². The fraction of sp³-hybridized carbons (Fsp3) is 0.556. The second-order valence-electron chi connectivity index (χ2n) is 6.77. The third-order valence-corrected chi connectivity index (χ3v) is 6.46. The number of rotatable bonds is 8. The van der Waals surface area contributed by atoms with E-state index in [9.17, 15) is 23.1 Å². The number of aryl methyl sites for hydroxylation is 1. The van der Waals surface area contributed by atoms with Crippen molar-refractivity contribution in [2.45, 2.75) is 49.8 Å². The smallest absolute Gasteiger partial charge is 0.311 e. The Morgan fingerprint density at radius 2 is 1.73 bits per heavy atom. The zero-order chi connectivity index (χ0) is 19.2. The number of carboxylic acid groups (broad SMARTS) is 1. The lowest BCUT2D eigenvalue weighted by molar-refractivity contribution is -0.151. The number of carbonyl (C=O) groups is 2. The number of amides is 1. The number of hydrogen-bond donors (Lipinski definition) is 3. The topological polar surface area (TPSA) is 113 Å². The van der Waals surface area contributed by atoms with E-state index in [0.717, 1.165) is 24.8 Å². The molecule has 0 radical (unpaired) electrons. The number of hydrogen-bond acceptors (Lipinski definition) is 4. The predicted octanol–water partition coefficient (Wildman–Crippen LogP) is 1.68. The number of carboxylic acids is 1. The first-order valence-corrected chi connectivity index (χ1v) is 10.3. The summed E-state index contributed by atoms with van der Waals surface area (Å²) in [4.78, 5) is 23.9. The van der Waals surface area contributed by atoms with Gasteiger partial charge in [-0.2, -0.15) is 0 Å². The van der Waals surface area contributed by atoms with Crippen molar-refractivity contribution >= 4 is 21.9 Å². The summed E-state index contributed by atoms with van der Waals surface area (Å²) in [5.74, 6) is -1.03. The Kier molecular flexibility index (Phi) is 6.77. The Hall–Kier alpha value is -1.93. The highest BCUT2D eigenvalue weighted by molar-refractivity contribution is 7.89. The van der Waals surface area contributed by atoms with Crippen molar-refractivity contribution in [3.05, 3.63) is 29.8 Å².